The summed E-state index contributed by atoms with van der Waals surface area (Å²) in [5.74, 6) is -0.539. The van der Waals surface area contributed by atoms with E-state index < -0.39 is 11.6 Å². The first-order chi connectivity index (χ1) is 17.3. The number of ether oxygens (including phenoxy) is 1. The Balaban J connectivity index is 1.61. The number of rotatable bonds is 7. The van der Waals surface area contributed by atoms with Crippen LogP contribution in [0.1, 0.15) is 13.8 Å². The van der Waals surface area contributed by atoms with Crippen molar-refractivity contribution in [2.24, 2.45) is 0 Å². The molecule has 0 bridgehead atoms. The summed E-state index contributed by atoms with van der Waals surface area (Å²) in [5, 5.41) is 17.2. The first-order valence-corrected chi connectivity index (χ1v) is 12.6. The van der Waals surface area contributed by atoms with Crippen molar-refractivity contribution in [3.8, 4) is 44.4 Å². The van der Waals surface area contributed by atoms with Crippen LogP contribution in [0.15, 0.2) is 96.4 Å². The van der Waals surface area contributed by atoms with Gasteiger partial charge < -0.3 is 9.84 Å². The number of aromatic nitrogens is 2. The highest BCUT2D eigenvalue weighted by Gasteiger charge is 2.29. The number of hydrogen-bond donors (Lipinski definition) is 1. The number of halogens is 1. The Labute approximate surface area is 218 Å². The monoisotopic (exact) mass is 514 g/mol. The predicted octanol–water partition coefficient (Wildman–Crippen LogP) is 7.83. The lowest BCUT2D eigenvalue weighted by Crippen LogP contribution is -2.37. The van der Waals surface area contributed by atoms with E-state index in [1.165, 1.54) is 13.8 Å². The van der Waals surface area contributed by atoms with Crippen LogP contribution in [-0.2, 0) is 4.79 Å². The normalized spacial score (nSPS) is 11.4. The van der Waals surface area contributed by atoms with Crippen molar-refractivity contribution in [2.75, 3.05) is 0 Å². The second kappa shape index (κ2) is 9.64. The van der Waals surface area contributed by atoms with Gasteiger partial charge in [-0.3, -0.25) is 0 Å². The van der Waals surface area contributed by atoms with Crippen molar-refractivity contribution in [1.82, 2.24) is 9.78 Å². The molecule has 0 saturated heterocycles. The van der Waals surface area contributed by atoms with Crippen LogP contribution < -0.4 is 4.74 Å². The Kier molecular flexibility index (Phi) is 6.39. The molecule has 0 fully saturated rings. The summed E-state index contributed by atoms with van der Waals surface area (Å²) in [4.78, 5) is 12.6. The average molecular weight is 515 g/mol. The molecule has 2 aromatic heterocycles. The predicted molar refractivity (Wildman–Crippen MR) is 145 cm³/mol. The third-order valence-electron chi connectivity index (χ3n) is 5.79. The minimum Gasteiger partial charge on any atom is -0.478 e. The zero-order valence-electron chi connectivity index (χ0n) is 19.7. The molecular formula is C29H23ClN2O3S. The number of hydrogen-bond acceptors (Lipinski definition) is 4. The Morgan fingerprint density at radius 3 is 2.39 bits per heavy atom. The third kappa shape index (κ3) is 4.78. The lowest BCUT2D eigenvalue weighted by molar-refractivity contribution is -0.152. The molecule has 0 atom stereocenters. The molecule has 5 nitrogen and oxygen atoms in total. The summed E-state index contributed by atoms with van der Waals surface area (Å²) in [7, 11) is 0. The highest BCUT2D eigenvalue weighted by Crippen LogP contribution is 2.37. The molecule has 0 saturated carbocycles. The standard InChI is InChI=1S/C29H23ClN2O3S/c1-29(2,28(33)34)35-22-8-5-7-19(17-22)23-9-3-4-10-24(23)25-18-26(27-11-6-16-36-27)32(31-25)21-14-12-20(30)13-15-21/h3-18H,1-2H3,(H,33,34). The molecule has 0 unspecified atom stereocenters. The van der Waals surface area contributed by atoms with Crippen molar-refractivity contribution >= 4 is 28.9 Å². The fourth-order valence-corrected chi connectivity index (χ4v) is 4.77. The lowest BCUT2D eigenvalue weighted by Gasteiger charge is -2.22. The first-order valence-electron chi connectivity index (χ1n) is 11.3. The summed E-state index contributed by atoms with van der Waals surface area (Å²) in [6, 6.07) is 29.3. The van der Waals surface area contributed by atoms with Gasteiger partial charge in [0.25, 0.3) is 0 Å². The van der Waals surface area contributed by atoms with Gasteiger partial charge in [-0.05, 0) is 78.9 Å². The van der Waals surface area contributed by atoms with Gasteiger partial charge in [0.05, 0.1) is 22.0 Å². The lowest BCUT2D eigenvalue weighted by atomic mass is 9.97. The molecule has 3 aromatic carbocycles. The van der Waals surface area contributed by atoms with Gasteiger partial charge in [-0.15, -0.1) is 11.3 Å². The quantitative estimate of drug-likeness (QED) is 0.240. The van der Waals surface area contributed by atoms with Crippen LogP contribution in [0, 0.1) is 0 Å². The molecule has 0 spiro atoms. The van der Waals surface area contributed by atoms with Crippen LogP contribution in [0.4, 0.5) is 0 Å². The van der Waals surface area contributed by atoms with E-state index in [0.717, 1.165) is 38.6 Å². The maximum absolute atomic E-state index is 11.5. The topological polar surface area (TPSA) is 64.4 Å². The van der Waals surface area contributed by atoms with Gasteiger partial charge in [-0.25, -0.2) is 9.48 Å². The maximum Gasteiger partial charge on any atom is 0.347 e. The Hall–Kier alpha value is -3.87. The molecule has 36 heavy (non-hydrogen) atoms. The Morgan fingerprint density at radius 2 is 1.69 bits per heavy atom. The van der Waals surface area contributed by atoms with Gasteiger partial charge >= 0.3 is 5.97 Å². The second-order valence-corrected chi connectivity index (χ2v) is 10.2. The van der Waals surface area contributed by atoms with E-state index in [1.54, 1.807) is 17.4 Å². The highest BCUT2D eigenvalue weighted by molar-refractivity contribution is 7.13. The molecule has 0 aliphatic rings. The van der Waals surface area contributed by atoms with Crippen LogP contribution in [-0.4, -0.2) is 26.5 Å². The maximum atomic E-state index is 11.5. The van der Waals surface area contributed by atoms with Crippen LogP contribution >= 0.6 is 22.9 Å². The van der Waals surface area contributed by atoms with Gasteiger partial charge in [-0.2, -0.15) is 5.10 Å². The van der Waals surface area contributed by atoms with E-state index in [4.69, 9.17) is 21.4 Å². The van der Waals surface area contributed by atoms with Crippen molar-refractivity contribution in [2.45, 2.75) is 19.4 Å². The molecule has 0 radical (unpaired) electrons. The highest BCUT2D eigenvalue weighted by atomic mass is 35.5. The fraction of sp³-hybridized carbons (Fsp3) is 0.103. The number of thiophene rings is 1. The molecular weight excluding hydrogens is 492 g/mol. The Bertz CT molecular complexity index is 1520. The summed E-state index contributed by atoms with van der Waals surface area (Å²) in [6.07, 6.45) is 0. The third-order valence-corrected chi connectivity index (χ3v) is 6.93. The minimum absolute atomic E-state index is 0.487. The van der Waals surface area contributed by atoms with Crippen LogP contribution in [0.5, 0.6) is 5.75 Å². The summed E-state index contributed by atoms with van der Waals surface area (Å²) >= 11 is 7.78. The minimum atomic E-state index is -1.34. The molecule has 0 amide bonds. The zero-order chi connectivity index (χ0) is 25.3. The number of carboxylic acids is 1. The van der Waals surface area contributed by atoms with Crippen molar-refractivity contribution in [1.29, 1.82) is 0 Å². The molecule has 7 heteroatoms. The number of carboxylic acid groups (broad SMARTS) is 1. The van der Waals surface area contributed by atoms with Gasteiger partial charge in [0, 0.05) is 10.6 Å². The van der Waals surface area contributed by atoms with Gasteiger partial charge in [0.1, 0.15) is 5.75 Å². The van der Waals surface area contributed by atoms with Crippen molar-refractivity contribution in [3.63, 3.8) is 0 Å². The van der Waals surface area contributed by atoms with E-state index >= 15 is 0 Å². The van der Waals surface area contributed by atoms with Gasteiger partial charge in [0.15, 0.2) is 5.60 Å². The average Bonchev–Trinajstić information content (AvgIpc) is 3.55. The fourth-order valence-electron chi connectivity index (χ4n) is 3.92. The number of aliphatic carboxylic acids is 1. The smallest absolute Gasteiger partial charge is 0.347 e. The number of benzene rings is 3. The molecule has 2 heterocycles. The summed E-state index contributed by atoms with van der Waals surface area (Å²) in [6.45, 7) is 3.07. The number of carbonyl (C=O) groups is 1. The van der Waals surface area contributed by atoms with Crippen LogP contribution in [0.2, 0.25) is 5.02 Å². The molecule has 1 N–H and O–H groups in total. The second-order valence-electron chi connectivity index (χ2n) is 8.77. The largest absolute Gasteiger partial charge is 0.478 e. The van der Waals surface area contributed by atoms with Gasteiger partial charge in [0.2, 0.25) is 0 Å². The van der Waals surface area contributed by atoms with E-state index in [0.29, 0.717) is 10.8 Å². The van der Waals surface area contributed by atoms with E-state index in [9.17, 15) is 9.90 Å². The SMILES string of the molecule is CC(C)(Oc1cccc(-c2ccccc2-c2cc(-c3cccs3)n(-c3ccc(Cl)cc3)n2)c1)C(=O)O. The summed E-state index contributed by atoms with van der Waals surface area (Å²) in [5.41, 5.74) is 4.21. The van der Waals surface area contributed by atoms with E-state index in [-0.39, 0.29) is 0 Å². The molecule has 0 aliphatic heterocycles. The van der Waals surface area contributed by atoms with Crippen LogP contribution in [0.25, 0.3) is 38.6 Å². The molecule has 5 rings (SSSR count). The molecule has 0 aliphatic carbocycles. The summed E-state index contributed by atoms with van der Waals surface area (Å²) < 4.78 is 7.72. The van der Waals surface area contributed by atoms with Crippen molar-refractivity contribution < 1.29 is 14.6 Å². The van der Waals surface area contributed by atoms with Gasteiger partial charge in [-0.1, -0.05) is 54.1 Å². The molecule has 180 valence electrons. The van der Waals surface area contributed by atoms with Crippen LogP contribution in [0.3, 0.4) is 0 Å². The van der Waals surface area contributed by atoms with Crippen molar-refractivity contribution in [3.05, 3.63) is 101 Å². The van der Waals surface area contributed by atoms with E-state index in [1.807, 2.05) is 82.9 Å². The van der Waals surface area contributed by atoms with E-state index in [2.05, 4.69) is 12.1 Å². The Morgan fingerprint density at radius 1 is 0.944 bits per heavy atom. The molecule has 5 aromatic rings. The first kappa shape index (κ1) is 23.9. The number of nitrogens with zero attached hydrogens (tertiary/aromatic N) is 2. The zero-order valence-corrected chi connectivity index (χ0v) is 21.3.